The maximum absolute atomic E-state index is 14.2. The summed E-state index contributed by atoms with van der Waals surface area (Å²) in [5, 5.41) is 12.7. The number of likely N-dealkylation sites (tertiary alicyclic amines) is 1. The number of nitrogens with zero attached hydrogens (tertiary/aromatic N) is 1. The van der Waals surface area contributed by atoms with Crippen LogP contribution in [0.25, 0.3) is 6.08 Å². The Kier molecular flexibility index (Phi) is 6.67. The molecule has 5 rings (SSSR count). The molecule has 1 aliphatic heterocycles. The van der Waals surface area contributed by atoms with Gasteiger partial charge >= 0.3 is 5.97 Å². The number of carbonyl (C=O) groups is 3. The fourth-order valence-corrected chi connectivity index (χ4v) is 6.96. The van der Waals surface area contributed by atoms with E-state index in [-0.39, 0.29) is 23.4 Å². The van der Waals surface area contributed by atoms with Crippen LogP contribution in [0.5, 0.6) is 0 Å². The Bertz CT molecular complexity index is 1350. The summed E-state index contributed by atoms with van der Waals surface area (Å²) in [4.78, 5) is 43.6. The van der Waals surface area contributed by atoms with Crippen molar-refractivity contribution in [3.8, 4) is 0 Å². The van der Waals surface area contributed by atoms with Crippen molar-refractivity contribution in [3.05, 3.63) is 87.5 Å². The lowest BCUT2D eigenvalue weighted by Gasteiger charge is -2.40. The second kappa shape index (κ2) is 9.78. The summed E-state index contributed by atoms with van der Waals surface area (Å²) in [7, 11) is 0. The quantitative estimate of drug-likeness (QED) is 0.382. The predicted molar refractivity (Wildman–Crippen MR) is 143 cm³/mol. The van der Waals surface area contributed by atoms with Gasteiger partial charge in [-0.3, -0.25) is 9.59 Å². The molecule has 1 N–H and O–H groups in total. The smallest absolute Gasteiger partial charge is 0.330 e. The molecular formula is C30H31NO5S. The number of amides is 1. The minimum Gasteiger partial charge on any atom is -0.479 e. The largest absolute Gasteiger partial charge is 0.479 e. The van der Waals surface area contributed by atoms with Gasteiger partial charge in [-0.2, -0.15) is 0 Å². The van der Waals surface area contributed by atoms with E-state index in [0.29, 0.717) is 5.76 Å². The van der Waals surface area contributed by atoms with Gasteiger partial charge < -0.3 is 14.4 Å². The summed E-state index contributed by atoms with van der Waals surface area (Å²) < 4.78 is 5.75. The first-order chi connectivity index (χ1) is 17.7. The van der Waals surface area contributed by atoms with Gasteiger partial charge in [0, 0.05) is 16.7 Å². The van der Waals surface area contributed by atoms with Crippen LogP contribution in [0.4, 0.5) is 0 Å². The Morgan fingerprint density at radius 1 is 1.08 bits per heavy atom. The number of rotatable bonds is 7. The highest BCUT2D eigenvalue weighted by Gasteiger charge is 2.65. The molecule has 3 aromatic rings. The number of ketones is 1. The molecular weight excluding hydrogens is 486 g/mol. The van der Waals surface area contributed by atoms with E-state index < -0.39 is 29.4 Å². The van der Waals surface area contributed by atoms with Gasteiger partial charge in [-0.15, -0.1) is 11.3 Å². The van der Waals surface area contributed by atoms with E-state index in [1.54, 1.807) is 26.0 Å². The van der Waals surface area contributed by atoms with E-state index in [1.807, 2.05) is 60.9 Å². The van der Waals surface area contributed by atoms with Gasteiger partial charge in [0.25, 0.3) is 0 Å². The lowest BCUT2D eigenvalue weighted by molar-refractivity contribution is -0.160. The summed E-state index contributed by atoms with van der Waals surface area (Å²) in [5.41, 5.74) is 0.210. The van der Waals surface area contributed by atoms with Crippen molar-refractivity contribution in [2.24, 2.45) is 11.8 Å². The average molecular weight is 518 g/mol. The van der Waals surface area contributed by atoms with Gasteiger partial charge in [-0.05, 0) is 68.3 Å². The molecule has 2 aromatic heterocycles. The Morgan fingerprint density at radius 3 is 2.35 bits per heavy atom. The first-order valence-corrected chi connectivity index (χ1v) is 13.6. The standard InChI is InChI=1S/C30H31NO5S/c1-18-16-17-37-27(18)25-24(26(32)23-15-12-19(2)36-23)22(14-13-20-8-5-4-6-9-20)31(30(25,3)29(34)35)28(33)21-10-7-11-21/h4-6,8-9,12-17,21-22,24-25H,7,10-11H2,1-3H3,(H,34,35). The summed E-state index contributed by atoms with van der Waals surface area (Å²) in [5.74, 6) is -2.59. The van der Waals surface area contributed by atoms with Crippen LogP contribution in [-0.4, -0.2) is 39.2 Å². The fraction of sp³-hybridized carbons (Fsp3) is 0.367. The monoisotopic (exact) mass is 517 g/mol. The minimum absolute atomic E-state index is 0.186. The third-order valence-corrected chi connectivity index (χ3v) is 9.11. The zero-order valence-electron chi connectivity index (χ0n) is 21.2. The van der Waals surface area contributed by atoms with Gasteiger partial charge in [0.15, 0.2) is 5.76 Å². The van der Waals surface area contributed by atoms with Crippen molar-refractivity contribution in [2.45, 2.75) is 57.5 Å². The molecule has 2 aliphatic rings. The molecule has 4 atom stereocenters. The topological polar surface area (TPSA) is 87.8 Å². The summed E-state index contributed by atoms with van der Waals surface area (Å²) in [6.45, 7) is 5.31. The molecule has 0 bridgehead atoms. The van der Waals surface area contributed by atoms with Crippen LogP contribution in [0.15, 0.2) is 64.4 Å². The molecule has 2 fully saturated rings. The predicted octanol–water partition coefficient (Wildman–Crippen LogP) is 6.11. The Labute approximate surface area is 220 Å². The number of carbonyl (C=O) groups excluding carboxylic acids is 2. The van der Waals surface area contributed by atoms with Crippen LogP contribution < -0.4 is 0 Å². The van der Waals surface area contributed by atoms with Crippen molar-refractivity contribution in [3.63, 3.8) is 0 Å². The van der Waals surface area contributed by atoms with E-state index in [2.05, 4.69) is 0 Å². The number of carboxylic acids is 1. The van der Waals surface area contributed by atoms with Crippen LogP contribution in [0.1, 0.15) is 64.4 Å². The van der Waals surface area contributed by atoms with Crippen molar-refractivity contribution >= 4 is 35.1 Å². The van der Waals surface area contributed by atoms with Gasteiger partial charge in [-0.25, -0.2) is 4.79 Å². The number of thiophene rings is 1. The van der Waals surface area contributed by atoms with Crippen LogP contribution in [0.3, 0.4) is 0 Å². The third kappa shape index (κ3) is 4.25. The third-order valence-electron chi connectivity index (χ3n) is 8.01. The van der Waals surface area contributed by atoms with Gasteiger partial charge in [0.05, 0.1) is 12.0 Å². The lowest BCUT2D eigenvalue weighted by Crippen LogP contribution is -2.57. The van der Waals surface area contributed by atoms with Crippen LogP contribution in [-0.2, 0) is 9.59 Å². The Balaban J connectivity index is 1.73. The molecule has 1 saturated carbocycles. The summed E-state index contributed by atoms with van der Waals surface area (Å²) in [6, 6.07) is 14.2. The van der Waals surface area contributed by atoms with Crippen molar-refractivity contribution in [1.29, 1.82) is 0 Å². The molecule has 3 heterocycles. The average Bonchev–Trinajstić information content (AvgIpc) is 3.52. The number of aryl methyl sites for hydroxylation is 2. The van der Waals surface area contributed by atoms with Crippen molar-refractivity contribution in [2.75, 3.05) is 0 Å². The molecule has 1 saturated heterocycles. The summed E-state index contributed by atoms with van der Waals surface area (Å²) in [6.07, 6.45) is 6.14. The molecule has 0 spiro atoms. The second-order valence-electron chi connectivity index (χ2n) is 10.3. The number of benzene rings is 1. The first-order valence-electron chi connectivity index (χ1n) is 12.7. The SMILES string of the molecule is Cc1ccc(C(=O)C2C(C=Cc3ccccc3)N(C(=O)C3CCC3)C(C)(C(=O)O)C2c2sccc2C)o1. The minimum atomic E-state index is -1.62. The van der Waals surface area contributed by atoms with E-state index in [1.165, 1.54) is 16.2 Å². The highest BCUT2D eigenvalue weighted by molar-refractivity contribution is 7.10. The normalized spacial score (nSPS) is 25.9. The Morgan fingerprint density at radius 2 is 1.81 bits per heavy atom. The van der Waals surface area contributed by atoms with E-state index in [0.717, 1.165) is 35.3 Å². The number of hydrogen-bond donors (Lipinski definition) is 1. The van der Waals surface area contributed by atoms with Crippen molar-refractivity contribution < 1.29 is 23.9 Å². The second-order valence-corrected chi connectivity index (χ2v) is 11.2. The van der Waals surface area contributed by atoms with Crippen LogP contribution in [0, 0.1) is 25.7 Å². The van der Waals surface area contributed by atoms with Gasteiger partial charge in [0.2, 0.25) is 11.7 Å². The van der Waals surface area contributed by atoms with E-state index in [4.69, 9.17) is 4.42 Å². The molecule has 7 heteroatoms. The zero-order chi connectivity index (χ0) is 26.3. The van der Waals surface area contributed by atoms with E-state index >= 15 is 0 Å². The van der Waals surface area contributed by atoms with E-state index in [9.17, 15) is 19.5 Å². The number of carboxylic acid groups (broad SMARTS) is 1. The lowest BCUT2D eigenvalue weighted by atomic mass is 9.75. The first kappa shape index (κ1) is 25.2. The number of Topliss-reactive ketones (excluding diaryl/α,β-unsaturated/α-hetero) is 1. The fourth-order valence-electron chi connectivity index (χ4n) is 5.77. The molecule has 1 aliphatic carbocycles. The maximum Gasteiger partial charge on any atom is 0.330 e. The highest BCUT2D eigenvalue weighted by atomic mass is 32.1. The molecule has 1 aromatic carbocycles. The molecule has 192 valence electrons. The maximum atomic E-state index is 14.2. The zero-order valence-corrected chi connectivity index (χ0v) is 22.0. The van der Waals surface area contributed by atoms with Crippen LogP contribution in [0.2, 0.25) is 0 Å². The number of hydrogen-bond acceptors (Lipinski definition) is 5. The van der Waals surface area contributed by atoms with Crippen molar-refractivity contribution in [1.82, 2.24) is 4.90 Å². The van der Waals surface area contributed by atoms with Gasteiger partial charge in [0.1, 0.15) is 11.3 Å². The molecule has 4 unspecified atom stereocenters. The van der Waals surface area contributed by atoms with Gasteiger partial charge in [-0.1, -0.05) is 48.9 Å². The summed E-state index contributed by atoms with van der Waals surface area (Å²) >= 11 is 1.44. The Hall–Kier alpha value is -3.45. The number of aliphatic carboxylic acids is 1. The molecule has 0 radical (unpaired) electrons. The number of furan rings is 1. The van der Waals surface area contributed by atoms with Crippen LogP contribution >= 0.6 is 11.3 Å². The molecule has 37 heavy (non-hydrogen) atoms. The molecule has 1 amide bonds. The highest BCUT2D eigenvalue weighted by Crippen LogP contribution is 2.54. The molecule has 6 nitrogen and oxygen atoms in total.